The fourth-order valence-corrected chi connectivity index (χ4v) is 5.12. The Morgan fingerprint density at radius 3 is 2.23 bits per heavy atom. The summed E-state index contributed by atoms with van der Waals surface area (Å²) in [6, 6.07) is 16.4. The lowest BCUT2D eigenvalue weighted by molar-refractivity contribution is 0.102. The molecule has 2 aromatic carbocycles. The molecule has 2 aromatic heterocycles. The number of pyridine rings is 2. The molecule has 2 amide bonds. The van der Waals surface area contributed by atoms with Gasteiger partial charge in [0.25, 0.3) is 17.4 Å². The summed E-state index contributed by atoms with van der Waals surface area (Å²) >= 11 is 11.9. The monoisotopic (exact) mass is 657 g/mol. The van der Waals surface area contributed by atoms with Gasteiger partial charge in [-0.3, -0.25) is 19.3 Å². The van der Waals surface area contributed by atoms with E-state index in [0.717, 1.165) is 6.54 Å². The van der Waals surface area contributed by atoms with Crippen molar-refractivity contribution in [1.29, 1.82) is 0 Å². The van der Waals surface area contributed by atoms with Crippen LogP contribution < -0.4 is 16.2 Å². The highest BCUT2D eigenvalue weighted by atomic mass is 35.5. The van der Waals surface area contributed by atoms with E-state index in [-0.39, 0.29) is 51.4 Å². The zero-order chi connectivity index (χ0) is 31.3. The molecule has 4 aromatic rings. The fourth-order valence-electron chi connectivity index (χ4n) is 4.79. The van der Waals surface area contributed by atoms with Gasteiger partial charge < -0.3 is 20.3 Å². The smallest absolute Gasteiger partial charge is 0.259 e. The Morgan fingerprint density at radius 2 is 1.61 bits per heavy atom. The lowest BCUT2D eigenvalue weighted by Gasteiger charge is -2.30. The summed E-state index contributed by atoms with van der Waals surface area (Å²) in [7, 11) is 0. The summed E-state index contributed by atoms with van der Waals surface area (Å²) in [4.78, 5) is 45.8. The van der Waals surface area contributed by atoms with Crippen LogP contribution in [0.15, 0.2) is 77.9 Å². The molecule has 12 heteroatoms. The highest BCUT2D eigenvalue weighted by molar-refractivity contribution is 6.32. The Balaban J connectivity index is 0.00000529. The molecule has 0 atom stereocenters. The summed E-state index contributed by atoms with van der Waals surface area (Å²) < 4.78 is 1.70. The van der Waals surface area contributed by atoms with Crippen LogP contribution in [0, 0.1) is 0 Å². The number of amides is 2. The number of carbonyl (C=O) groups is 2. The van der Waals surface area contributed by atoms with Crippen LogP contribution in [0.25, 0.3) is 11.1 Å². The number of hydrogen-bond donors (Lipinski definition) is 3. The molecule has 0 saturated heterocycles. The minimum absolute atomic E-state index is 0. The Bertz CT molecular complexity index is 1670. The molecule has 2 heterocycles. The number of anilines is 2. The quantitative estimate of drug-likeness (QED) is 0.159. The van der Waals surface area contributed by atoms with Gasteiger partial charge in [0.15, 0.2) is 0 Å². The van der Waals surface area contributed by atoms with Crippen LogP contribution in [0.1, 0.15) is 48.4 Å². The van der Waals surface area contributed by atoms with Gasteiger partial charge in [-0.25, -0.2) is 4.98 Å². The van der Waals surface area contributed by atoms with Gasteiger partial charge in [-0.05, 0) is 75.7 Å². The summed E-state index contributed by atoms with van der Waals surface area (Å²) in [6.07, 6.45) is 3.15. The van der Waals surface area contributed by atoms with Crippen LogP contribution >= 0.6 is 35.6 Å². The first-order valence-electron chi connectivity index (χ1n) is 13.8. The molecule has 3 N–H and O–H groups in total. The second-order valence-electron chi connectivity index (χ2n) is 10.5. The van der Waals surface area contributed by atoms with E-state index in [2.05, 4.69) is 48.2 Å². The third-order valence-electron chi connectivity index (χ3n) is 6.94. The molecule has 0 aliphatic heterocycles. The highest BCUT2D eigenvalue weighted by Gasteiger charge is 2.20. The third kappa shape index (κ3) is 8.39. The number of halogens is 3. The molecular weight excluding hydrogens is 625 g/mol. The predicted octanol–water partition coefficient (Wildman–Crippen LogP) is 6.97. The van der Waals surface area contributed by atoms with E-state index < -0.39 is 11.8 Å². The first-order valence-corrected chi connectivity index (χ1v) is 14.5. The predicted molar refractivity (Wildman–Crippen MR) is 179 cm³/mol. The second kappa shape index (κ2) is 15.2. The minimum Gasteiger partial charge on any atom is -0.506 e. The highest BCUT2D eigenvalue weighted by Crippen LogP contribution is 2.32. The number of aromatic hydroxyl groups is 1. The number of rotatable bonds is 10. The minimum atomic E-state index is -0.650. The van der Waals surface area contributed by atoms with Gasteiger partial charge in [-0.2, -0.15) is 0 Å². The van der Waals surface area contributed by atoms with Crippen LogP contribution in [0.3, 0.4) is 0 Å². The van der Waals surface area contributed by atoms with Crippen molar-refractivity contribution < 1.29 is 14.7 Å². The van der Waals surface area contributed by atoms with E-state index >= 15 is 0 Å². The van der Waals surface area contributed by atoms with Crippen LogP contribution in [-0.4, -0.2) is 50.0 Å². The number of nitrogens with zero attached hydrogens (tertiary/aromatic N) is 3. The molecule has 0 saturated carbocycles. The zero-order valence-electron chi connectivity index (χ0n) is 24.7. The Morgan fingerprint density at radius 1 is 0.932 bits per heavy atom. The maximum atomic E-state index is 13.3. The Labute approximate surface area is 272 Å². The molecule has 9 nitrogen and oxygen atoms in total. The fraction of sp³-hybridized carbons (Fsp3) is 0.250. The van der Waals surface area contributed by atoms with Gasteiger partial charge >= 0.3 is 0 Å². The lowest BCUT2D eigenvalue weighted by Crippen LogP contribution is -2.40. The van der Waals surface area contributed by atoms with Crippen LogP contribution in [0.5, 0.6) is 5.75 Å². The van der Waals surface area contributed by atoms with Crippen molar-refractivity contribution in [2.75, 3.05) is 17.2 Å². The molecule has 0 fully saturated rings. The van der Waals surface area contributed by atoms with Gasteiger partial charge in [-0.1, -0.05) is 35.3 Å². The molecular formula is C32H34Cl3N5O4. The summed E-state index contributed by atoms with van der Waals surface area (Å²) in [6.45, 7) is 9.85. The van der Waals surface area contributed by atoms with Gasteiger partial charge in [0.2, 0.25) is 0 Å². The second-order valence-corrected chi connectivity index (χ2v) is 11.4. The van der Waals surface area contributed by atoms with Gasteiger partial charge in [0.1, 0.15) is 11.6 Å². The van der Waals surface area contributed by atoms with Crippen molar-refractivity contribution in [1.82, 2.24) is 14.5 Å². The summed E-state index contributed by atoms with van der Waals surface area (Å²) in [5, 5.41) is 16.2. The van der Waals surface area contributed by atoms with Gasteiger partial charge in [0, 0.05) is 59.8 Å². The molecule has 44 heavy (non-hydrogen) atoms. The summed E-state index contributed by atoms with van der Waals surface area (Å²) in [5.41, 5.74) is 1.12. The number of aromatic nitrogens is 2. The molecule has 0 bridgehead atoms. The number of benzene rings is 2. The van der Waals surface area contributed by atoms with E-state index in [0.29, 0.717) is 34.8 Å². The van der Waals surface area contributed by atoms with Crippen LogP contribution in [0.4, 0.5) is 11.5 Å². The van der Waals surface area contributed by atoms with Crippen molar-refractivity contribution in [3.63, 3.8) is 0 Å². The largest absolute Gasteiger partial charge is 0.506 e. The molecule has 0 aliphatic rings. The molecule has 0 radical (unpaired) electrons. The average Bonchev–Trinajstić information content (AvgIpc) is 2.96. The van der Waals surface area contributed by atoms with E-state index in [1.807, 2.05) is 6.07 Å². The Hall–Kier alpha value is -3.89. The first kappa shape index (κ1) is 34.6. The van der Waals surface area contributed by atoms with E-state index in [1.54, 1.807) is 47.2 Å². The number of hydrogen-bond acceptors (Lipinski definition) is 6. The van der Waals surface area contributed by atoms with Crippen molar-refractivity contribution in [3.05, 3.63) is 105 Å². The average molecular weight is 659 g/mol. The van der Waals surface area contributed by atoms with E-state index in [4.69, 9.17) is 23.2 Å². The van der Waals surface area contributed by atoms with E-state index in [9.17, 15) is 19.5 Å². The topological polar surface area (TPSA) is 117 Å². The third-order valence-corrected chi connectivity index (χ3v) is 7.38. The van der Waals surface area contributed by atoms with Gasteiger partial charge in [-0.15, -0.1) is 12.4 Å². The normalized spacial score (nSPS) is 11.0. The maximum Gasteiger partial charge on any atom is 0.259 e. The number of phenols is 1. The lowest BCUT2D eigenvalue weighted by atomic mass is 10.0. The number of carbonyl (C=O) groups excluding carboxylic acids is 2. The number of phenolic OH excluding ortho intramolecular Hbond substituents is 1. The maximum absolute atomic E-state index is 13.3. The molecule has 0 aliphatic carbocycles. The summed E-state index contributed by atoms with van der Waals surface area (Å²) in [5.74, 6) is -1.39. The molecule has 232 valence electrons. The standard InChI is InChI=1S/C32H33Cl2N5O4.ClH/c1-19(2)39(20(3)4)15-14-38-13-5-6-25(32(38)43)21-7-9-22(10-8-21)30(41)37-29-26(16-24(34)17-27(29)40)31(42)36-28-12-11-23(33)18-35-28;/h5-13,16-20,40H,14-15H2,1-4H3,(H,37,41)(H,35,36,42);1H. The van der Waals surface area contributed by atoms with Crippen molar-refractivity contribution in [2.45, 2.75) is 46.3 Å². The number of nitrogens with one attached hydrogen (secondary N) is 2. The molecule has 0 unspecified atom stereocenters. The van der Waals surface area contributed by atoms with E-state index in [1.165, 1.54) is 24.4 Å². The molecule has 0 spiro atoms. The van der Waals surface area contributed by atoms with Gasteiger partial charge in [0.05, 0.1) is 16.3 Å². The Kier molecular flexibility index (Phi) is 12.0. The van der Waals surface area contributed by atoms with Crippen LogP contribution in [-0.2, 0) is 6.54 Å². The van der Waals surface area contributed by atoms with Crippen molar-refractivity contribution in [2.24, 2.45) is 0 Å². The van der Waals surface area contributed by atoms with Crippen molar-refractivity contribution >= 4 is 58.9 Å². The zero-order valence-corrected chi connectivity index (χ0v) is 27.0. The SMILES string of the molecule is CC(C)N(CCn1cccc(-c2ccc(C(=O)Nc3c(O)cc(Cl)cc3C(=O)Nc3ccc(Cl)cn3)cc2)c1=O)C(C)C.Cl. The first-order chi connectivity index (χ1) is 20.4. The molecule has 4 rings (SSSR count). The van der Waals surface area contributed by atoms with Crippen molar-refractivity contribution in [3.8, 4) is 16.9 Å². The van der Waals surface area contributed by atoms with Crippen LogP contribution in [0.2, 0.25) is 10.0 Å².